The minimum absolute atomic E-state index is 0.0494. The van der Waals surface area contributed by atoms with Crippen LogP contribution in [0.1, 0.15) is 48.0 Å². The average molecular weight is 363 g/mol. The van der Waals surface area contributed by atoms with Gasteiger partial charge in [0, 0.05) is 11.6 Å². The molecule has 2 aromatic rings. The van der Waals surface area contributed by atoms with E-state index < -0.39 is 6.04 Å². The molecule has 2 aromatic carbocycles. The van der Waals surface area contributed by atoms with Crippen LogP contribution in [0.4, 0.5) is 0 Å². The van der Waals surface area contributed by atoms with Crippen LogP contribution < -0.4 is 0 Å². The van der Waals surface area contributed by atoms with E-state index in [4.69, 9.17) is 4.74 Å². The van der Waals surface area contributed by atoms with E-state index in [9.17, 15) is 9.59 Å². The Bertz CT molecular complexity index is 790. The third-order valence-electron chi connectivity index (χ3n) is 5.84. The van der Waals surface area contributed by atoms with Crippen LogP contribution in [0.2, 0.25) is 0 Å². The highest BCUT2D eigenvalue weighted by atomic mass is 16.5. The van der Waals surface area contributed by atoms with E-state index in [2.05, 4.69) is 0 Å². The van der Waals surface area contributed by atoms with Crippen molar-refractivity contribution in [2.24, 2.45) is 5.92 Å². The van der Waals surface area contributed by atoms with Crippen molar-refractivity contribution in [1.29, 1.82) is 0 Å². The lowest BCUT2D eigenvalue weighted by atomic mass is 9.84. The summed E-state index contributed by atoms with van der Waals surface area (Å²) in [5.41, 5.74) is 1.60. The zero-order valence-corrected chi connectivity index (χ0v) is 15.4. The molecule has 1 aliphatic carbocycles. The van der Waals surface area contributed by atoms with Gasteiger partial charge in [0.05, 0.1) is 0 Å². The molecule has 4 rings (SSSR count). The molecular formula is C23H25NO3. The van der Waals surface area contributed by atoms with Gasteiger partial charge in [-0.3, -0.25) is 4.79 Å². The summed E-state index contributed by atoms with van der Waals surface area (Å²) < 4.78 is 5.60. The van der Waals surface area contributed by atoms with Gasteiger partial charge in [-0.2, -0.15) is 0 Å². The lowest BCUT2D eigenvalue weighted by Gasteiger charge is -2.33. The van der Waals surface area contributed by atoms with Crippen molar-refractivity contribution in [2.75, 3.05) is 0 Å². The molecule has 0 radical (unpaired) electrons. The lowest BCUT2D eigenvalue weighted by molar-refractivity contribution is -0.149. The molecule has 1 aliphatic heterocycles. The number of rotatable bonds is 4. The summed E-state index contributed by atoms with van der Waals surface area (Å²) in [7, 11) is 0. The van der Waals surface area contributed by atoms with Crippen molar-refractivity contribution in [3.63, 3.8) is 0 Å². The quantitative estimate of drug-likeness (QED) is 0.765. The van der Waals surface area contributed by atoms with Crippen molar-refractivity contribution in [1.82, 2.24) is 4.90 Å². The Morgan fingerprint density at radius 1 is 0.926 bits per heavy atom. The summed E-state index contributed by atoms with van der Waals surface area (Å²) in [5, 5.41) is 0. The van der Waals surface area contributed by atoms with Crippen molar-refractivity contribution >= 4 is 11.9 Å². The van der Waals surface area contributed by atoms with Gasteiger partial charge in [0.15, 0.2) is 0 Å². The van der Waals surface area contributed by atoms with Gasteiger partial charge in [-0.1, -0.05) is 61.4 Å². The topological polar surface area (TPSA) is 46.6 Å². The molecule has 1 saturated heterocycles. The normalized spacial score (nSPS) is 24.3. The van der Waals surface area contributed by atoms with Crippen molar-refractivity contribution in [3.05, 3.63) is 71.8 Å². The predicted octanol–water partition coefficient (Wildman–Crippen LogP) is 4.20. The fourth-order valence-corrected chi connectivity index (χ4v) is 4.52. The maximum Gasteiger partial charge on any atom is 0.329 e. The average Bonchev–Trinajstić information content (AvgIpc) is 3.12. The van der Waals surface area contributed by atoms with Crippen LogP contribution in [0.15, 0.2) is 60.7 Å². The van der Waals surface area contributed by atoms with E-state index in [0.29, 0.717) is 11.5 Å². The number of ether oxygens (including phenoxy) is 1. The third kappa shape index (κ3) is 3.75. The van der Waals surface area contributed by atoms with Gasteiger partial charge in [0.25, 0.3) is 5.91 Å². The maximum absolute atomic E-state index is 13.2. The number of carbonyl (C=O) groups is 2. The molecule has 1 amide bonds. The van der Waals surface area contributed by atoms with Gasteiger partial charge in [-0.15, -0.1) is 0 Å². The Kier molecular flexibility index (Phi) is 5.23. The molecule has 0 N–H and O–H groups in total. The summed E-state index contributed by atoms with van der Waals surface area (Å²) in [5.74, 6) is 0.0740. The molecule has 0 bridgehead atoms. The number of likely N-dealkylation sites (tertiary alicyclic amines) is 1. The fourth-order valence-electron chi connectivity index (χ4n) is 4.52. The van der Waals surface area contributed by atoms with E-state index in [1.54, 1.807) is 0 Å². The summed E-state index contributed by atoms with van der Waals surface area (Å²) in [6.07, 6.45) is 5.08. The second-order valence-electron chi connectivity index (χ2n) is 7.54. The van der Waals surface area contributed by atoms with Crippen LogP contribution in [0.3, 0.4) is 0 Å². The monoisotopic (exact) mass is 363 g/mol. The Hall–Kier alpha value is -2.62. The Labute approximate surface area is 160 Å². The molecule has 0 aromatic heterocycles. The molecule has 27 heavy (non-hydrogen) atoms. The smallest absolute Gasteiger partial charge is 0.329 e. The number of carbonyl (C=O) groups excluding carboxylic acids is 2. The molecule has 2 aliphatic rings. The van der Waals surface area contributed by atoms with Crippen molar-refractivity contribution in [3.8, 4) is 0 Å². The minimum Gasteiger partial charge on any atom is -0.459 e. The van der Waals surface area contributed by atoms with Crippen LogP contribution in [-0.2, 0) is 16.1 Å². The highest BCUT2D eigenvalue weighted by Gasteiger charge is 2.48. The molecule has 1 heterocycles. The van der Waals surface area contributed by atoms with Gasteiger partial charge < -0.3 is 9.64 Å². The molecule has 4 nitrogen and oxygen atoms in total. The second-order valence-corrected chi connectivity index (χ2v) is 7.54. The van der Waals surface area contributed by atoms with Gasteiger partial charge in [0.2, 0.25) is 0 Å². The van der Waals surface area contributed by atoms with Crippen LogP contribution in [0.25, 0.3) is 0 Å². The first kappa shape index (κ1) is 17.8. The first-order chi connectivity index (χ1) is 13.2. The van der Waals surface area contributed by atoms with Gasteiger partial charge in [0.1, 0.15) is 12.6 Å². The Morgan fingerprint density at radius 2 is 1.59 bits per heavy atom. The third-order valence-corrected chi connectivity index (χ3v) is 5.84. The van der Waals surface area contributed by atoms with Crippen LogP contribution in [0.5, 0.6) is 0 Å². The Morgan fingerprint density at radius 3 is 2.33 bits per heavy atom. The summed E-state index contributed by atoms with van der Waals surface area (Å²) >= 11 is 0. The standard InChI is InChI=1S/C23H25NO3/c25-22(18-11-5-2-6-12-18)24-20-14-8-7-13-19(20)15-21(24)23(26)27-16-17-9-3-1-4-10-17/h1-6,9-12,19-21H,7-8,13-16H2/t19-,20-,21+/m1/s1. The predicted molar refractivity (Wildman–Crippen MR) is 103 cm³/mol. The van der Waals surface area contributed by atoms with E-state index >= 15 is 0 Å². The zero-order valence-electron chi connectivity index (χ0n) is 15.4. The minimum atomic E-state index is -0.477. The number of benzene rings is 2. The number of amides is 1. The largest absolute Gasteiger partial charge is 0.459 e. The number of nitrogens with zero attached hydrogens (tertiary/aromatic N) is 1. The van der Waals surface area contributed by atoms with Gasteiger partial charge in [-0.25, -0.2) is 4.79 Å². The molecule has 4 heteroatoms. The van der Waals surface area contributed by atoms with E-state index in [1.807, 2.05) is 65.6 Å². The number of fused-ring (bicyclic) bond motifs is 1. The fraction of sp³-hybridized carbons (Fsp3) is 0.391. The van der Waals surface area contributed by atoms with E-state index in [-0.39, 0.29) is 24.5 Å². The van der Waals surface area contributed by atoms with Crippen LogP contribution >= 0.6 is 0 Å². The zero-order chi connectivity index (χ0) is 18.6. The summed E-state index contributed by atoms with van der Waals surface area (Å²) in [6.45, 7) is 0.249. The van der Waals surface area contributed by atoms with Gasteiger partial charge >= 0.3 is 5.97 Å². The lowest BCUT2D eigenvalue weighted by Crippen LogP contribution is -2.46. The van der Waals surface area contributed by atoms with Crippen LogP contribution in [0, 0.1) is 5.92 Å². The maximum atomic E-state index is 13.2. The number of hydrogen-bond acceptors (Lipinski definition) is 3. The molecule has 0 spiro atoms. The SMILES string of the molecule is O=C(OCc1ccccc1)[C@@H]1C[C@H]2CCCC[C@H]2N1C(=O)c1ccccc1. The highest BCUT2D eigenvalue weighted by Crippen LogP contribution is 2.40. The van der Waals surface area contributed by atoms with Crippen molar-refractivity contribution in [2.45, 2.75) is 50.8 Å². The first-order valence-corrected chi connectivity index (χ1v) is 9.82. The molecule has 140 valence electrons. The summed E-state index contributed by atoms with van der Waals surface area (Å²) in [4.78, 5) is 27.9. The number of esters is 1. The molecule has 2 fully saturated rings. The summed E-state index contributed by atoms with van der Waals surface area (Å²) in [6, 6.07) is 18.6. The molecule has 1 saturated carbocycles. The van der Waals surface area contributed by atoms with Gasteiger partial charge in [-0.05, 0) is 42.9 Å². The van der Waals surface area contributed by atoms with E-state index in [1.165, 1.54) is 6.42 Å². The highest BCUT2D eigenvalue weighted by molar-refractivity contribution is 5.97. The second kappa shape index (κ2) is 7.95. The number of hydrogen-bond donors (Lipinski definition) is 0. The molecule has 3 atom stereocenters. The first-order valence-electron chi connectivity index (χ1n) is 9.82. The molecular weight excluding hydrogens is 338 g/mol. The van der Waals surface area contributed by atoms with Crippen LogP contribution in [-0.4, -0.2) is 28.9 Å². The van der Waals surface area contributed by atoms with E-state index in [0.717, 1.165) is 31.2 Å². The Balaban J connectivity index is 1.53. The molecule has 0 unspecified atom stereocenters. The van der Waals surface area contributed by atoms with Crippen molar-refractivity contribution < 1.29 is 14.3 Å².